The van der Waals surface area contributed by atoms with E-state index in [-0.39, 0.29) is 6.04 Å². The van der Waals surface area contributed by atoms with Gasteiger partial charge in [-0.2, -0.15) is 0 Å². The smallest absolute Gasteiger partial charge is 0.189 e. The Kier molecular flexibility index (Phi) is 6.55. The summed E-state index contributed by atoms with van der Waals surface area (Å²) in [7, 11) is 0. The van der Waals surface area contributed by atoms with Gasteiger partial charge in [0.15, 0.2) is 6.79 Å². The summed E-state index contributed by atoms with van der Waals surface area (Å²) in [5.74, 6) is 0.862. The Morgan fingerprint density at radius 1 is 1.35 bits per heavy atom. The van der Waals surface area contributed by atoms with E-state index in [0.717, 1.165) is 22.3 Å². The van der Waals surface area contributed by atoms with E-state index in [1.54, 1.807) is 0 Å². The first-order chi connectivity index (χ1) is 8.19. The molecule has 0 aliphatic carbocycles. The van der Waals surface area contributed by atoms with Gasteiger partial charge in [-0.25, -0.2) is 0 Å². The molecule has 0 aliphatic rings. The summed E-state index contributed by atoms with van der Waals surface area (Å²) in [4.78, 5) is 0. The van der Waals surface area contributed by atoms with E-state index in [0.29, 0.717) is 13.4 Å². The molecule has 0 spiro atoms. The number of benzene rings is 1. The highest BCUT2D eigenvalue weighted by atomic mass is 79.9. The first-order valence-electron chi connectivity index (χ1n) is 5.92. The van der Waals surface area contributed by atoms with Gasteiger partial charge in [-0.3, -0.25) is 0 Å². The Hall–Kier alpha value is -0.580. The van der Waals surface area contributed by atoms with E-state index in [1.165, 1.54) is 0 Å². The van der Waals surface area contributed by atoms with Crippen molar-refractivity contribution >= 4 is 15.9 Å². The van der Waals surface area contributed by atoms with Crippen LogP contribution in [0.5, 0.6) is 5.75 Å². The molecule has 0 heterocycles. The molecule has 1 aromatic carbocycles. The predicted octanol–water partition coefficient (Wildman–Crippen LogP) is 3.49. The fourth-order valence-electron chi connectivity index (χ4n) is 1.60. The first-order valence-corrected chi connectivity index (χ1v) is 6.71. The van der Waals surface area contributed by atoms with Crippen molar-refractivity contribution in [1.29, 1.82) is 0 Å². The maximum Gasteiger partial charge on any atom is 0.189 e. The van der Waals surface area contributed by atoms with Crippen LogP contribution >= 0.6 is 15.9 Å². The Morgan fingerprint density at radius 3 is 2.76 bits per heavy atom. The summed E-state index contributed by atoms with van der Waals surface area (Å²) in [6.45, 7) is 8.05. The lowest BCUT2D eigenvalue weighted by Crippen LogP contribution is -2.18. The molecule has 3 nitrogen and oxygen atoms in total. The topological polar surface area (TPSA) is 30.5 Å². The second kappa shape index (κ2) is 7.69. The Morgan fingerprint density at radius 2 is 2.12 bits per heavy atom. The van der Waals surface area contributed by atoms with E-state index in [4.69, 9.17) is 9.47 Å². The summed E-state index contributed by atoms with van der Waals surface area (Å²) >= 11 is 3.45. The summed E-state index contributed by atoms with van der Waals surface area (Å²) in [6, 6.07) is 6.34. The van der Waals surface area contributed by atoms with Crippen molar-refractivity contribution < 1.29 is 9.47 Å². The lowest BCUT2D eigenvalue weighted by atomic mass is 10.1. The molecule has 1 rings (SSSR count). The summed E-state index contributed by atoms with van der Waals surface area (Å²) in [5, 5.41) is 3.38. The van der Waals surface area contributed by atoms with Gasteiger partial charge in [-0.05, 0) is 32.5 Å². The first kappa shape index (κ1) is 14.5. The molecule has 0 amide bonds. The Labute approximate surface area is 112 Å². The number of nitrogens with one attached hydrogen (secondary N) is 1. The summed E-state index contributed by atoms with van der Waals surface area (Å²) < 4.78 is 11.9. The molecular formula is C13H20BrNO2. The van der Waals surface area contributed by atoms with Crippen LogP contribution < -0.4 is 10.1 Å². The van der Waals surface area contributed by atoms with Crippen LogP contribution in [0.25, 0.3) is 0 Å². The minimum Gasteiger partial charge on any atom is -0.467 e. The highest BCUT2D eigenvalue weighted by molar-refractivity contribution is 9.10. The fourth-order valence-corrected chi connectivity index (χ4v) is 1.94. The third-order valence-corrected chi connectivity index (χ3v) is 2.95. The van der Waals surface area contributed by atoms with Crippen molar-refractivity contribution in [1.82, 2.24) is 5.32 Å². The van der Waals surface area contributed by atoms with Gasteiger partial charge < -0.3 is 14.8 Å². The third kappa shape index (κ3) is 4.66. The number of hydrogen-bond acceptors (Lipinski definition) is 3. The number of halogens is 1. The minimum absolute atomic E-state index is 0.268. The van der Waals surface area contributed by atoms with Gasteiger partial charge in [-0.1, -0.05) is 28.9 Å². The van der Waals surface area contributed by atoms with E-state index in [1.807, 2.05) is 19.1 Å². The SMILES string of the molecule is CCNC(C)c1ccc(Br)cc1OCOCC. The lowest BCUT2D eigenvalue weighted by Gasteiger charge is -2.17. The molecule has 1 unspecified atom stereocenters. The monoisotopic (exact) mass is 301 g/mol. The van der Waals surface area contributed by atoms with Crippen molar-refractivity contribution in [2.45, 2.75) is 26.8 Å². The number of ether oxygens (including phenoxy) is 2. The maximum absolute atomic E-state index is 5.63. The van der Waals surface area contributed by atoms with Gasteiger partial charge in [0.1, 0.15) is 5.75 Å². The number of rotatable bonds is 7. The van der Waals surface area contributed by atoms with Crippen LogP contribution in [0, 0.1) is 0 Å². The molecule has 4 heteroatoms. The van der Waals surface area contributed by atoms with Crippen molar-refractivity contribution in [2.24, 2.45) is 0 Å². The standard InChI is InChI=1S/C13H20BrNO2/c1-4-15-10(3)12-7-6-11(14)8-13(12)17-9-16-5-2/h6-8,10,15H,4-5,9H2,1-3H3. The van der Waals surface area contributed by atoms with E-state index in [2.05, 4.69) is 41.2 Å². The van der Waals surface area contributed by atoms with E-state index < -0.39 is 0 Å². The van der Waals surface area contributed by atoms with E-state index in [9.17, 15) is 0 Å². The van der Waals surface area contributed by atoms with E-state index >= 15 is 0 Å². The molecule has 0 fully saturated rings. The highest BCUT2D eigenvalue weighted by Gasteiger charge is 2.11. The second-order valence-corrected chi connectivity index (χ2v) is 4.63. The molecule has 1 atom stereocenters. The zero-order chi connectivity index (χ0) is 12.7. The van der Waals surface area contributed by atoms with Crippen LogP contribution in [0.4, 0.5) is 0 Å². The lowest BCUT2D eigenvalue weighted by molar-refractivity contribution is 0.0215. The summed E-state index contributed by atoms with van der Waals surface area (Å²) in [6.07, 6.45) is 0. The van der Waals surface area contributed by atoms with Gasteiger partial charge >= 0.3 is 0 Å². The molecule has 0 aromatic heterocycles. The molecule has 0 bridgehead atoms. The quantitative estimate of drug-likeness (QED) is 0.618. The van der Waals surface area contributed by atoms with Crippen molar-refractivity contribution in [3.63, 3.8) is 0 Å². The average Bonchev–Trinajstić information content (AvgIpc) is 2.30. The molecule has 0 saturated heterocycles. The molecule has 1 N–H and O–H groups in total. The Balaban J connectivity index is 2.79. The second-order valence-electron chi connectivity index (χ2n) is 3.72. The van der Waals surface area contributed by atoms with Gasteiger partial charge in [-0.15, -0.1) is 0 Å². The van der Waals surface area contributed by atoms with Crippen LogP contribution in [0.3, 0.4) is 0 Å². The van der Waals surface area contributed by atoms with Crippen LogP contribution in [0.1, 0.15) is 32.4 Å². The van der Waals surface area contributed by atoms with Crippen molar-refractivity contribution in [2.75, 3.05) is 19.9 Å². The van der Waals surface area contributed by atoms with Crippen molar-refractivity contribution in [3.05, 3.63) is 28.2 Å². The Bertz CT molecular complexity index is 344. The van der Waals surface area contributed by atoms with Crippen LogP contribution in [-0.2, 0) is 4.74 Å². The average molecular weight is 302 g/mol. The van der Waals surface area contributed by atoms with Crippen molar-refractivity contribution in [3.8, 4) is 5.75 Å². The predicted molar refractivity (Wildman–Crippen MR) is 73.4 cm³/mol. The molecule has 0 radical (unpaired) electrons. The molecular weight excluding hydrogens is 282 g/mol. The van der Waals surface area contributed by atoms with Crippen LogP contribution in [-0.4, -0.2) is 19.9 Å². The number of hydrogen-bond donors (Lipinski definition) is 1. The van der Waals surface area contributed by atoms with Crippen LogP contribution in [0.15, 0.2) is 22.7 Å². The minimum atomic E-state index is 0.268. The van der Waals surface area contributed by atoms with Gasteiger partial charge in [0.05, 0.1) is 0 Å². The normalized spacial score (nSPS) is 12.5. The third-order valence-electron chi connectivity index (χ3n) is 2.45. The highest BCUT2D eigenvalue weighted by Crippen LogP contribution is 2.28. The zero-order valence-electron chi connectivity index (χ0n) is 10.6. The summed E-state index contributed by atoms with van der Waals surface area (Å²) in [5.41, 5.74) is 1.15. The van der Waals surface area contributed by atoms with Gasteiger partial charge in [0, 0.05) is 22.7 Å². The molecule has 96 valence electrons. The molecule has 0 aliphatic heterocycles. The molecule has 1 aromatic rings. The molecule has 17 heavy (non-hydrogen) atoms. The van der Waals surface area contributed by atoms with Crippen LogP contribution in [0.2, 0.25) is 0 Å². The maximum atomic E-state index is 5.63. The molecule has 0 saturated carbocycles. The largest absolute Gasteiger partial charge is 0.467 e. The van der Waals surface area contributed by atoms with Gasteiger partial charge in [0.25, 0.3) is 0 Å². The van der Waals surface area contributed by atoms with Gasteiger partial charge in [0.2, 0.25) is 0 Å². The zero-order valence-corrected chi connectivity index (χ0v) is 12.2. The fraction of sp³-hybridized carbons (Fsp3) is 0.538.